The maximum atomic E-state index is 13.0. The highest BCUT2D eigenvalue weighted by Gasteiger charge is 2.30. The molecule has 2 atom stereocenters. The van der Waals surface area contributed by atoms with E-state index < -0.39 is 41.3 Å². The Hall–Kier alpha value is -2.01. The highest BCUT2D eigenvalue weighted by atomic mass is 32.2. The standard InChI is InChI=1S/C26H48N2O8S/c1-9-10-11-12-13-14-21(29)34-15-16-37-18-20(28-24(32)36-26(5,6)7)22(30)27-19(23(31)33-8)17-35-25(2,3)4/h19-20H,9-18H2,1-8H3,(H,27,30)(H,28,32)/t19-,20-/m0/s1. The number of nitrogens with one attached hydrogen (secondary N) is 2. The summed E-state index contributed by atoms with van der Waals surface area (Å²) in [5.41, 5.74) is -1.29. The SMILES string of the molecule is CCCCCCCC(=O)OCCSC[C@H](NC(=O)OC(C)(C)C)C(=O)N[C@@H](COC(C)(C)C)C(=O)OC. The third kappa shape index (κ3) is 19.7. The van der Waals surface area contributed by atoms with Crippen molar-refractivity contribution in [2.45, 2.75) is 110 Å². The Bertz CT molecular complexity index is 704. The molecule has 0 aromatic carbocycles. The van der Waals surface area contributed by atoms with E-state index in [0.29, 0.717) is 12.2 Å². The van der Waals surface area contributed by atoms with E-state index >= 15 is 0 Å². The lowest BCUT2D eigenvalue weighted by Gasteiger charge is -2.26. The third-order valence-electron chi connectivity index (χ3n) is 4.75. The van der Waals surface area contributed by atoms with Gasteiger partial charge in [-0.2, -0.15) is 11.8 Å². The highest BCUT2D eigenvalue weighted by Crippen LogP contribution is 2.11. The lowest BCUT2D eigenvalue weighted by atomic mass is 10.1. The second-order valence-corrected chi connectivity index (χ2v) is 11.8. The lowest BCUT2D eigenvalue weighted by Crippen LogP contribution is -2.55. The number of methoxy groups -OCH3 is 1. The van der Waals surface area contributed by atoms with Crippen LogP contribution in [0.3, 0.4) is 0 Å². The van der Waals surface area contributed by atoms with Gasteiger partial charge in [-0.05, 0) is 48.0 Å². The molecule has 0 saturated carbocycles. The van der Waals surface area contributed by atoms with Gasteiger partial charge in [-0.25, -0.2) is 9.59 Å². The number of hydrogen-bond donors (Lipinski definition) is 2. The fourth-order valence-electron chi connectivity index (χ4n) is 2.91. The molecule has 2 amide bonds. The molecule has 10 nitrogen and oxygen atoms in total. The molecule has 0 aliphatic heterocycles. The minimum Gasteiger partial charge on any atom is -0.467 e. The van der Waals surface area contributed by atoms with Crippen LogP contribution in [0.1, 0.15) is 87.0 Å². The number of esters is 2. The highest BCUT2D eigenvalue weighted by molar-refractivity contribution is 7.99. The van der Waals surface area contributed by atoms with E-state index in [9.17, 15) is 19.2 Å². The predicted molar refractivity (Wildman–Crippen MR) is 144 cm³/mol. The topological polar surface area (TPSA) is 129 Å². The van der Waals surface area contributed by atoms with E-state index in [1.54, 1.807) is 20.8 Å². The van der Waals surface area contributed by atoms with E-state index in [4.69, 9.17) is 18.9 Å². The summed E-state index contributed by atoms with van der Waals surface area (Å²) in [5.74, 6) is -0.876. The van der Waals surface area contributed by atoms with E-state index in [1.807, 2.05) is 20.8 Å². The van der Waals surface area contributed by atoms with E-state index in [-0.39, 0.29) is 24.9 Å². The van der Waals surface area contributed by atoms with Gasteiger partial charge in [0, 0.05) is 17.9 Å². The molecule has 0 aliphatic rings. The Morgan fingerprint density at radius 2 is 1.51 bits per heavy atom. The number of rotatable bonds is 17. The fourth-order valence-corrected chi connectivity index (χ4v) is 3.75. The molecule has 0 aromatic rings. The first kappa shape index (κ1) is 35.0. The molecule has 11 heteroatoms. The van der Waals surface area contributed by atoms with Crippen molar-refractivity contribution in [3.05, 3.63) is 0 Å². The van der Waals surface area contributed by atoms with Gasteiger partial charge in [0.25, 0.3) is 0 Å². The zero-order chi connectivity index (χ0) is 28.5. The van der Waals surface area contributed by atoms with Crippen LogP contribution in [0.5, 0.6) is 0 Å². The maximum absolute atomic E-state index is 13.0. The molecule has 2 N–H and O–H groups in total. The first-order chi connectivity index (χ1) is 17.2. The van der Waals surface area contributed by atoms with Gasteiger partial charge in [-0.3, -0.25) is 9.59 Å². The predicted octanol–water partition coefficient (Wildman–Crippen LogP) is 3.99. The minimum atomic E-state index is -1.05. The summed E-state index contributed by atoms with van der Waals surface area (Å²) < 4.78 is 21.0. The van der Waals surface area contributed by atoms with E-state index in [0.717, 1.165) is 25.7 Å². The van der Waals surface area contributed by atoms with Crippen LogP contribution < -0.4 is 10.6 Å². The number of amides is 2. The Morgan fingerprint density at radius 3 is 2.08 bits per heavy atom. The maximum Gasteiger partial charge on any atom is 0.408 e. The molecule has 0 bridgehead atoms. The molecular formula is C26H48N2O8S. The van der Waals surface area contributed by atoms with Crippen LogP contribution >= 0.6 is 11.8 Å². The minimum absolute atomic E-state index is 0.0946. The van der Waals surface area contributed by atoms with Crippen molar-refractivity contribution in [2.75, 3.05) is 31.8 Å². The van der Waals surface area contributed by atoms with Crippen LogP contribution in [0.4, 0.5) is 4.79 Å². The molecule has 0 aliphatic carbocycles. The number of hydrogen-bond acceptors (Lipinski definition) is 9. The quantitative estimate of drug-likeness (QED) is 0.157. The molecular weight excluding hydrogens is 500 g/mol. The average molecular weight is 549 g/mol. The number of thioether (sulfide) groups is 1. The van der Waals surface area contributed by atoms with Gasteiger partial charge in [-0.1, -0.05) is 32.6 Å². The summed E-state index contributed by atoms with van der Waals surface area (Å²) in [5, 5.41) is 5.16. The molecule has 0 radical (unpaired) electrons. The van der Waals surface area contributed by atoms with Crippen molar-refractivity contribution < 1.29 is 38.1 Å². The molecule has 0 unspecified atom stereocenters. The van der Waals surface area contributed by atoms with Crippen LogP contribution in [0.15, 0.2) is 0 Å². The Balaban J connectivity index is 4.93. The molecule has 0 spiro atoms. The van der Waals surface area contributed by atoms with Crippen molar-refractivity contribution in [2.24, 2.45) is 0 Å². The molecule has 0 aromatic heterocycles. The zero-order valence-electron chi connectivity index (χ0n) is 23.9. The van der Waals surface area contributed by atoms with Gasteiger partial charge in [0.1, 0.15) is 18.2 Å². The summed E-state index contributed by atoms with van der Waals surface area (Å²) in [4.78, 5) is 49.4. The average Bonchev–Trinajstić information content (AvgIpc) is 2.78. The normalized spacial score (nSPS) is 13.3. The number of ether oxygens (including phenoxy) is 4. The van der Waals surface area contributed by atoms with Crippen molar-refractivity contribution in [1.82, 2.24) is 10.6 Å². The van der Waals surface area contributed by atoms with E-state index in [1.165, 1.54) is 25.3 Å². The molecule has 0 heterocycles. The smallest absolute Gasteiger partial charge is 0.408 e. The number of unbranched alkanes of at least 4 members (excludes halogenated alkanes) is 4. The summed E-state index contributed by atoms with van der Waals surface area (Å²) >= 11 is 1.33. The van der Waals surface area contributed by atoms with Crippen molar-refractivity contribution in [3.8, 4) is 0 Å². The monoisotopic (exact) mass is 548 g/mol. The fraction of sp³-hybridized carbons (Fsp3) is 0.846. The molecule has 0 rings (SSSR count). The summed E-state index contributed by atoms with van der Waals surface area (Å²) in [7, 11) is 1.22. The number of carbonyl (C=O) groups is 4. The van der Waals surface area contributed by atoms with Gasteiger partial charge in [0.2, 0.25) is 5.91 Å². The number of alkyl carbamates (subject to hydrolysis) is 1. The molecule has 37 heavy (non-hydrogen) atoms. The van der Waals surface area contributed by atoms with Crippen molar-refractivity contribution in [1.29, 1.82) is 0 Å². The number of carbonyl (C=O) groups excluding carboxylic acids is 4. The molecule has 0 fully saturated rings. The van der Waals surface area contributed by atoms with Crippen LogP contribution in [-0.2, 0) is 33.3 Å². The van der Waals surface area contributed by atoms with Crippen LogP contribution in [0.25, 0.3) is 0 Å². The van der Waals surface area contributed by atoms with Gasteiger partial charge in [-0.15, -0.1) is 0 Å². The van der Waals surface area contributed by atoms with Crippen LogP contribution in [-0.4, -0.2) is 79.1 Å². The Morgan fingerprint density at radius 1 is 0.865 bits per heavy atom. The molecule has 216 valence electrons. The first-order valence-corrected chi connectivity index (χ1v) is 14.1. The first-order valence-electron chi connectivity index (χ1n) is 12.9. The van der Waals surface area contributed by atoms with Gasteiger partial charge in [0.05, 0.1) is 19.3 Å². The van der Waals surface area contributed by atoms with Crippen molar-refractivity contribution in [3.63, 3.8) is 0 Å². The van der Waals surface area contributed by atoms with Crippen LogP contribution in [0.2, 0.25) is 0 Å². The van der Waals surface area contributed by atoms with Gasteiger partial charge in [0.15, 0.2) is 6.04 Å². The second kappa shape index (κ2) is 18.3. The third-order valence-corrected chi connectivity index (χ3v) is 5.78. The summed E-state index contributed by atoms with van der Waals surface area (Å²) in [6, 6.07) is -2.06. The lowest BCUT2D eigenvalue weighted by molar-refractivity contribution is -0.148. The van der Waals surface area contributed by atoms with Gasteiger partial charge < -0.3 is 29.6 Å². The van der Waals surface area contributed by atoms with Crippen LogP contribution in [0, 0.1) is 0 Å². The van der Waals surface area contributed by atoms with Crippen molar-refractivity contribution >= 4 is 35.7 Å². The van der Waals surface area contributed by atoms with E-state index in [2.05, 4.69) is 17.6 Å². The molecule has 0 saturated heterocycles. The van der Waals surface area contributed by atoms with Gasteiger partial charge >= 0.3 is 18.0 Å². The summed E-state index contributed by atoms with van der Waals surface area (Å²) in [6.07, 6.45) is 4.90. The Kier molecular flexibility index (Phi) is 17.3. The zero-order valence-corrected chi connectivity index (χ0v) is 24.7. The second-order valence-electron chi connectivity index (χ2n) is 10.7. The Labute approximate surface area is 226 Å². The largest absolute Gasteiger partial charge is 0.467 e. The summed E-state index contributed by atoms with van der Waals surface area (Å²) in [6.45, 7) is 12.9.